The van der Waals surface area contributed by atoms with Crippen LogP contribution in [0, 0.1) is 12.3 Å². The van der Waals surface area contributed by atoms with Gasteiger partial charge in [-0.2, -0.15) is 0 Å². The van der Waals surface area contributed by atoms with Gasteiger partial charge in [0.1, 0.15) is 12.0 Å². The molecule has 0 aromatic heterocycles. The van der Waals surface area contributed by atoms with E-state index in [1.54, 1.807) is 0 Å². The SMILES string of the molecule is C#CC[N+](C)(C)CBr.[Br-]. The summed E-state index contributed by atoms with van der Waals surface area (Å²) < 4.78 is 0.844. The summed E-state index contributed by atoms with van der Waals surface area (Å²) in [5, 5.41) is 0. The fraction of sp³-hybridized carbons (Fsp3) is 0.667. The first-order chi connectivity index (χ1) is 3.62. The molecule has 0 aliphatic rings. The van der Waals surface area contributed by atoms with Crippen LogP contribution in [0.3, 0.4) is 0 Å². The molecule has 0 fully saturated rings. The molecule has 0 aliphatic carbocycles. The maximum Gasteiger partial charge on any atom is 0.140 e. The summed E-state index contributed by atoms with van der Waals surface area (Å²) in [6.45, 7) is 0.783. The highest BCUT2D eigenvalue weighted by Crippen LogP contribution is 1.98. The van der Waals surface area contributed by atoms with Crippen molar-refractivity contribution in [1.82, 2.24) is 0 Å². The summed E-state index contributed by atoms with van der Waals surface area (Å²) in [6.07, 6.45) is 5.10. The molecule has 0 unspecified atom stereocenters. The van der Waals surface area contributed by atoms with Crippen LogP contribution in [0.4, 0.5) is 0 Å². The minimum Gasteiger partial charge on any atom is -1.00 e. The van der Waals surface area contributed by atoms with Crippen LogP contribution in [0.5, 0.6) is 0 Å². The highest BCUT2D eigenvalue weighted by atomic mass is 79.9. The van der Waals surface area contributed by atoms with Gasteiger partial charge in [-0.25, -0.2) is 0 Å². The number of nitrogens with zero attached hydrogens (tertiary/aromatic N) is 1. The third kappa shape index (κ3) is 6.36. The van der Waals surface area contributed by atoms with E-state index in [1.807, 2.05) is 0 Å². The number of rotatable bonds is 2. The zero-order chi connectivity index (χ0) is 6.62. The highest BCUT2D eigenvalue weighted by molar-refractivity contribution is 9.09. The lowest BCUT2D eigenvalue weighted by Gasteiger charge is -2.23. The summed E-state index contributed by atoms with van der Waals surface area (Å²) in [6, 6.07) is 0. The first kappa shape index (κ1) is 12.2. The Hall–Kier alpha value is 0.480. The standard InChI is InChI=1S/C6H11BrN.BrH/c1-4-5-8(2,3)6-7;/h1H,5-6H2,2-3H3;1H/q+1;/p-1. The van der Waals surface area contributed by atoms with Gasteiger partial charge in [-0.05, 0) is 21.9 Å². The van der Waals surface area contributed by atoms with Gasteiger partial charge in [-0.1, -0.05) is 0 Å². The molecule has 0 spiro atoms. The van der Waals surface area contributed by atoms with Crippen LogP contribution < -0.4 is 17.0 Å². The van der Waals surface area contributed by atoms with E-state index in [9.17, 15) is 0 Å². The summed E-state index contributed by atoms with van der Waals surface area (Å²) in [5.74, 6) is 2.60. The Balaban J connectivity index is 0. The van der Waals surface area contributed by atoms with Gasteiger partial charge in [0.15, 0.2) is 0 Å². The van der Waals surface area contributed by atoms with Gasteiger partial charge in [-0.3, -0.25) is 0 Å². The number of alkyl halides is 1. The van der Waals surface area contributed by atoms with Gasteiger partial charge in [-0.15, -0.1) is 6.42 Å². The van der Waals surface area contributed by atoms with Gasteiger partial charge in [0, 0.05) is 0 Å². The van der Waals surface area contributed by atoms with E-state index < -0.39 is 0 Å². The Morgan fingerprint density at radius 3 is 2.11 bits per heavy atom. The minimum absolute atomic E-state index is 0. The molecule has 0 aromatic rings. The summed E-state index contributed by atoms with van der Waals surface area (Å²) >= 11 is 3.35. The van der Waals surface area contributed by atoms with Crippen molar-refractivity contribution in [3.05, 3.63) is 0 Å². The molecule has 0 N–H and O–H groups in total. The van der Waals surface area contributed by atoms with E-state index in [4.69, 9.17) is 6.42 Å². The molecule has 0 radical (unpaired) electrons. The first-order valence-corrected chi connectivity index (χ1v) is 3.56. The van der Waals surface area contributed by atoms with Crippen molar-refractivity contribution in [1.29, 1.82) is 0 Å². The zero-order valence-corrected chi connectivity index (χ0v) is 8.87. The van der Waals surface area contributed by atoms with Crippen molar-refractivity contribution >= 4 is 15.9 Å². The van der Waals surface area contributed by atoms with Crippen LogP contribution in [-0.4, -0.2) is 30.6 Å². The molecular weight excluding hydrogens is 246 g/mol. The first-order valence-electron chi connectivity index (χ1n) is 2.44. The average molecular weight is 257 g/mol. The van der Waals surface area contributed by atoms with Crippen LogP contribution in [0.15, 0.2) is 0 Å². The van der Waals surface area contributed by atoms with Crippen molar-refractivity contribution in [2.75, 3.05) is 26.1 Å². The molecule has 0 atom stereocenters. The van der Waals surface area contributed by atoms with Crippen molar-refractivity contribution in [3.8, 4) is 12.3 Å². The Labute approximate surface area is 75.9 Å². The molecule has 1 nitrogen and oxygen atoms in total. The lowest BCUT2D eigenvalue weighted by molar-refractivity contribution is -0.868. The van der Waals surface area contributed by atoms with E-state index in [0.717, 1.165) is 16.5 Å². The number of hydrogen-bond acceptors (Lipinski definition) is 0. The number of hydrogen-bond donors (Lipinski definition) is 0. The molecule has 0 heterocycles. The van der Waals surface area contributed by atoms with E-state index >= 15 is 0 Å². The van der Waals surface area contributed by atoms with Crippen LogP contribution in [0.1, 0.15) is 0 Å². The smallest absolute Gasteiger partial charge is 0.140 e. The Morgan fingerprint density at radius 2 is 2.00 bits per heavy atom. The molecule has 3 heteroatoms. The molecule has 9 heavy (non-hydrogen) atoms. The van der Waals surface area contributed by atoms with Crippen LogP contribution in [0.25, 0.3) is 0 Å². The second-order valence-corrected chi connectivity index (χ2v) is 2.92. The fourth-order valence-corrected chi connectivity index (χ4v) is 0.467. The summed E-state index contributed by atoms with van der Waals surface area (Å²) in [7, 11) is 4.16. The average Bonchev–Trinajstić information content (AvgIpc) is 1.67. The normalized spacial score (nSPS) is 9.56. The monoisotopic (exact) mass is 255 g/mol. The number of halogens is 2. The number of terminal acetylenes is 1. The third-order valence-electron chi connectivity index (χ3n) is 0.843. The van der Waals surface area contributed by atoms with E-state index in [2.05, 4.69) is 35.9 Å². The van der Waals surface area contributed by atoms with Crippen LogP contribution in [-0.2, 0) is 0 Å². The van der Waals surface area contributed by atoms with Gasteiger partial charge < -0.3 is 21.5 Å². The van der Waals surface area contributed by atoms with Gasteiger partial charge in [0.05, 0.1) is 14.1 Å². The Bertz CT molecular complexity index is 104. The molecule has 0 aliphatic heterocycles. The maximum atomic E-state index is 5.10. The zero-order valence-electron chi connectivity index (χ0n) is 5.69. The van der Waals surface area contributed by atoms with E-state index in [-0.39, 0.29) is 17.0 Å². The van der Waals surface area contributed by atoms with E-state index in [1.165, 1.54) is 0 Å². The maximum absolute atomic E-state index is 5.10. The van der Waals surface area contributed by atoms with Gasteiger partial charge >= 0.3 is 0 Å². The second-order valence-electron chi connectivity index (χ2n) is 2.42. The van der Waals surface area contributed by atoms with Crippen molar-refractivity contribution < 1.29 is 21.5 Å². The highest BCUT2D eigenvalue weighted by Gasteiger charge is 2.08. The van der Waals surface area contributed by atoms with Gasteiger partial charge in [0.2, 0.25) is 0 Å². The Morgan fingerprint density at radius 1 is 1.56 bits per heavy atom. The van der Waals surface area contributed by atoms with E-state index in [0.29, 0.717) is 0 Å². The second kappa shape index (κ2) is 5.28. The van der Waals surface area contributed by atoms with Crippen LogP contribution >= 0.6 is 15.9 Å². The molecule has 0 aromatic carbocycles. The fourth-order valence-electron chi connectivity index (χ4n) is 0.289. The molecule has 54 valence electrons. The molecular formula is C6H11Br2N. The minimum atomic E-state index is 0. The largest absolute Gasteiger partial charge is 1.00 e. The lowest BCUT2D eigenvalue weighted by atomic mass is 10.5. The third-order valence-corrected chi connectivity index (χ3v) is 2.20. The topological polar surface area (TPSA) is 0 Å². The lowest BCUT2D eigenvalue weighted by Crippen LogP contribution is -3.00. The molecule has 0 amide bonds. The Kier molecular flexibility index (Phi) is 7.15. The van der Waals surface area contributed by atoms with Crippen molar-refractivity contribution in [2.45, 2.75) is 0 Å². The summed E-state index contributed by atoms with van der Waals surface area (Å²) in [5.41, 5.74) is 0.914. The molecule has 0 bridgehead atoms. The molecule has 0 saturated heterocycles. The quantitative estimate of drug-likeness (QED) is 0.233. The van der Waals surface area contributed by atoms with Crippen LogP contribution in [0.2, 0.25) is 0 Å². The predicted molar refractivity (Wildman–Crippen MR) is 39.6 cm³/mol. The van der Waals surface area contributed by atoms with Gasteiger partial charge in [0.25, 0.3) is 0 Å². The molecule has 0 saturated carbocycles. The number of quaternary nitrogens is 1. The summed E-state index contributed by atoms with van der Waals surface area (Å²) in [4.78, 5) is 0. The van der Waals surface area contributed by atoms with Crippen molar-refractivity contribution in [3.63, 3.8) is 0 Å². The predicted octanol–water partition coefficient (Wildman–Crippen LogP) is -1.95. The van der Waals surface area contributed by atoms with Crippen molar-refractivity contribution in [2.24, 2.45) is 0 Å². The molecule has 0 rings (SSSR count).